The number of rotatable bonds is 5. The van der Waals surface area contributed by atoms with Crippen LogP contribution in [0.15, 0.2) is 48.7 Å². The maximum Gasteiger partial charge on any atom is 0.151 e. The fourth-order valence-corrected chi connectivity index (χ4v) is 2.78. The third kappa shape index (κ3) is 3.53. The molecule has 0 aliphatic carbocycles. The molecule has 0 amide bonds. The minimum atomic E-state index is -0.660. The summed E-state index contributed by atoms with van der Waals surface area (Å²) in [6, 6.07) is 10.5. The molecular weight excluding hydrogens is 324 g/mol. The van der Waals surface area contributed by atoms with Gasteiger partial charge < -0.3 is 10.4 Å². The van der Waals surface area contributed by atoms with E-state index in [1.165, 1.54) is 16.8 Å². The van der Waals surface area contributed by atoms with Crippen LogP contribution in [0.2, 0.25) is 0 Å². The van der Waals surface area contributed by atoms with Gasteiger partial charge in [0.25, 0.3) is 0 Å². The second-order valence-electron chi connectivity index (χ2n) is 5.92. The van der Waals surface area contributed by atoms with E-state index in [9.17, 15) is 13.9 Å². The van der Waals surface area contributed by atoms with E-state index in [1.54, 1.807) is 18.3 Å². The van der Waals surface area contributed by atoms with Gasteiger partial charge >= 0.3 is 0 Å². The van der Waals surface area contributed by atoms with Gasteiger partial charge in [0, 0.05) is 35.5 Å². The van der Waals surface area contributed by atoms with Gasteiger partial charge in [-0.2, -0.15) is 5.10 Å². The van der Waals surface area contributed by atoms with Crippen LogP contribution in [-0.4, -0.2) is 14.9 Å². The molecule has 0 radical (unpaired) electrons. The SMILES string of the molecule is Cc1c([C@H](C)NCc2ccccc2O)cnn1-c1ccc(F)cc1F. The molecule has 3 rings (SSSR count). The van der Waals surface area contributed by atoms with E-state index in [4.69, 9.17) is 0 Å². The number of benzene rings is 2. The lowest BCUT2D eigenvalue weighted by Crippen LogP contribution is -2.18. The molecule has 0 saturated heterocycles. The molecule has 0 bridgehead atoms. The third-order valence-corrected chi connectivity index (χ3v) is 4.24. The van der Waals surface area contributed by atoms with Crippen molar-refractivity contribution in [1.82, 2.24) is 15.1 Å². The van der Waals surface area contributed by atoms with Gasteiger partial charge in [-0.25, -0.2) is 13.5 Å². The van der Waals surface area contributed by atoms with Gasteiger partial charge in [0.05, 0.1) is 6.20 Å². The van der Waals surface area contributed by atoms with E-state index in [2.05, 4.69) is 10.4 Å². The topological polar surface area (TPSA) is 50.1 Å². The highest BCUT2D eigenvalue weighted by Gasteiger charge is 2.16. The quantitative estimate of drug-likeness (QED) is 0.736. The highest BCUT2D eigenvalue weighted by Crippen LogP contribution is 2.23. The first kappa shape index (κ1) is 17.1. The van der Waals surface area contributed by atoms with Crippen molar-refractivity contribution >= 4 is 0 Å². The predicted octanol–water partition coefficient (Wildman–Crippen LogP) is 4.02. The molecular formula is C19H19F2N3O. The molecule has 6 heteroatoms. The van der Waals surface area contributed by atoms with Gasteiger partial charge in [-0.3, -0.25) is 0 Å². The van der Waals surface area contributed by atoms with Gasteiger partial charge in [-0.05, 0) is 32.0 Å². The van der Waals surface area contributed by atoms with Gasteiger partial charge in [0.15, 0.2) is 5.82 Å². The molecule has 1 atom stereocenters. The van der Waals surface area contributed by atoms with Gasteiger partial charge in [0.2, 0.25) is 0 Å². The number of aromatic hydroxyl groups is 1. The van der Waals surface area contributed by atoms with Crippen molar-refractivity contribution in [2.75, 3.05) is 0 Å². The standard InChI is InChI=1S/C19H19F2N3O/c1-12(22-10-14-5-3-4-6-19(14)25)16-11-23-24(13(16)2)18-8-7-15(20)9-17(18)21/h3-9,11-12,22,25H,10H2,1-2H3/t12-/m0/s1. The number of aromatic nitrogens is 2. The van der Waals surface area contributed by atoms with Crippen molar-refractivity contribution in [3.8, 4) is 11.4 Å². The Balaban J connectivity index is 1.79. The summed E-state index contributed by atoms with van der Waals surface area (Å²) in [4.78, 5) is 0. The predicted molar refractivity (Wildman–Crippen MR) is 91.6 cm³/mol. The first-order valence-corrected chi connectivity index (χ1v) is 7.97. The van der Waals surface area contributed by atoms with Crippen molar-refractivity contribution in [3.63, 3.8) is 0 Å². The molecule has 130 valence electrons. The zero-order valence-corrected chi connectivity index (χ0v) is 14.0. The lowest BCUT2D eigenvalue weighted by Gasteiger charge is -2.15. The summed E-state index contributed by atoms with van der Waals surface area (Å²) < 4.78 is 28.5. The Morgan fingerprint density at radius 3 is 2.68 bits per heavy atom. The zero-order valence-electron chi connectivity index (χ0n) is 14.0. The normalized spacial score (nSPS) is 12.3. The molecule has 0 aliphatic heterocycles. The molecule has 0 unspecified atom stereocenters. The molecule has 0 saturated carbocycles. The number of hydrogen-bond acceptors (Lipinski definition) is 3. The van der Waals surface area contributed by atoms with E-state index in [0.29, 0.717) is 6.54 Å². The second-order valence-corrected chi connectivity index (χ2v) is 5.92. The summed E-state index contributed by atoms with van der Waals surface area (Å²) in [7, 11) is 0. The van der Waals surface area contributed by atoms with Gasteiger partial charge in [0.1, 0.15) is 17.3 Å². The zero-order chi connectivity index (χ0) is 18.0. The number of phenolic OH excluding ortho intramolecular Hbond substituents is 1. The first-order chi connectivity index (χ1) is 12.0. The molecule has 0 spiro atoms. The molecule has 25 heavy (non-hydrogen) atoms. The van der Waals surface area contributed by atoms with E-state index in [1.807, 2.05) is 26.0 Å². The Morgan fingerprint density at radius 2 is 1.96 bits per heavy atom. The maximum absolute atomic E-state index is 14.0. The first-order valence-electron chi connectivity index (χ1n) is 7.97. The molecule has 2 N–H and O–H groups in total. The van der Waals surface area contributed by atoms with E-state index < -0.39 is 11.6 Å². The molecule has 0 aliphatic rings. The highest BCUT2D eigenvalue weighted by molar-refractivity contribution is 5.37. The smallest absolute Gasteiger partial charge is 0.151 e. The largest absolute Gasteiger partial charge is 0.508 e. The third-order valence-electron chi connectivity index (χ3n) is 4.24. The van der Waals surface area contributed by atoms with Crippen molar-refractivity contribution in [2.45, 2.75) is 26.4 Å². The maximum atomic E-state index is 14.0. The number of nitrogens with zero attached hydrogens (tertiary/aromatic N) is 2. The summed E-state index contributed by atoms with van der Waals surface area (Å²) in [6.45, 7) is 4.29. The molecule has 0 fully saturated rings. The number of phenols is 1. The van der Waals surface area contributed by atoms with Crippen LogP contribution >= 0.6 is 0 Å². The Bertz CT molecular complexity index is 892. The molecule has 2 aromatic carbocycles. The van der Waals surface area contributed by atoms with Crippen LogP contribution in [0.4, 0.5) is 8.78 Å². The summed E-state index contributed by atoms with van der Waals surface area (Å²) in [5.74, 6) is -1.04. The summed E-state index contributed by atoms with van der Waals surface area (Å²) in [6.07, 6.45) is 1.67. The minimum absolute atomic E-state index is 0.0585. The van der Waals surface area contributed by atoms with E-state index >= 15 is 0 Å². The lowest BCUT2D eigenvalue weighted by molar-refractivity contribution is 0.460. The minimum Gasteiger partial charge on any atom is -0.508 e. The van der Waals surface area contributed by atoms with E-state index in [0.717, 1.165) is 22.9 Å². The highest BCUT2D eigenvalue weighted by atomic mass is 19.1. The second kappa shape index (κ2) is 7.03. The molecule has 3 aromatic rings. The Morgan fingerprint density at radius 1 is 1.20 bits per heavy atom. The number of hydrogen-bond donors (Lipinski definition) is 2. The van der Waals surface area contributed by atoms with Gasteiger partial charge in [-0.1, -0.05) is 18.2 Å². The Labute approximate surface area is 144 Å². The summed E-state index contributed by atoms with van der Waals surface area (Å²) in [5.41, 5.74) is 2.67. The average Bonchev–Trinajstić information content (AvgIpc) is 2.95. The molecule has 1 heterocycles. The van der Waals surface area contributed by atoms with Crippen LogP contribution < -0.4 is 5.32 Å². The van der Waals surface area contributed by atoms with Crippen LogP contribution in [0.5, 0.6) is 5.75 Å². The molecule has 4 nitrogen and oxygen atoms in total. The van der Waals surface area contributed by atoms with Crippen LogP contribution in [-0.2, 0) is 6.54 Å². The molecule has 1 aromatic heterocycles. The van der Waals surface area contributed by atoms with Crippen molar-refractivity contribution in [1.29, 1.82) is 0 Å². The fourth-order valence-electron chi connectivity index (χ4n) is 2.78. The van der Waals surface area contributed by atoms with Crippen molar-refractivity contribution in [3.05, 3.63) is 77.1 Å². The summed E-state index contributed by atoms with van der Waals surface area (Å²) in [5, 5.41) is 17.4. The van der Waals surface area contributed by atoms with Crippen molar-refractivity contribution in [2.24, 2.45) is 0 Å². The monoisotopic (exact) mass is 343 g/mol. The van der Waals surface area contributed by atoms with Crippen LogP contribution in [0.3, 0.4) is 0 Å². The van der Waals surface area contributed by atoms with Crippen LogP contribution in [0.1, 0.15) is 29.8 Å². The number of halogens is 2. The summed E-state index contributed by atoms with van der Waals surface area (Å²) >= 11 is 0. The van der Waals surface area contributed by atoms with Crippen LogP contribution in [0, 0.1) is 18.6 Å². The van der Waals surface area contributed by atoms with E-state index in [-0.39, 0.29) is 17.5 Å². The Kier molecular flexibility index (Phi) is 4.81. The van der Waals surface area contributed by atoms with Crippen molar-refractivity contribution < 1.29 is 13.9 Å². The van der Waals surface area contributed by atoms with Gasteiger partial charge in [-0.15, -0.1) is 0 Å². The Hall–Kier alpha value is -2.73. The average molecular weight is 343 g/mol. The lowest BCUT2D eigenvalue weighted by atomic mass is 10.1. The number of nitrogens with one attached hydrogen (secondary N) is 1. The van der Waals surface area contributed by atoms with Crippen LogP contribution in [0.25, 0.3) is 5.69 Å². The number of para-hydroxylation sites is 1. The fraction of sp³-hybridized carbons (Fsp3) is 0.211.